The number of hydrogen-bond donors (Lipinski definition) is 0. The average Bonchev–Trinajstić information content (AvgIpc) is 2.25. The summed E-state index contributed by atoms with van der Waals surface area (Å²) in [6, 6.07) is 3.89. The molecule has 18 heavy (non-hydrogen) atoms. The predicted molar refractivity (Wildman–Crippen MR) is 68.1 cm³/mol. The summed E-state index contributed by atoms with van der Waals surface area (Å²) in [5.74, 6) is -0.425. The molecular formula is C11H9Br2F3O2. The van der Waals surface area contributed by atoms with Crippen molar-refractivity contribution in [3.63, 3.8) is 0 Å². The first kappa shape index (κ1) is 15.5. The third kappa shape index (κ3) is 4.28. The highest BCUT2D eigenvalue weighted by Gasteiger charge is 2.31. The van der Waals surface area contributed by atoms with E-state index in [9.17, 15) is 18.0 Å². The second-order valence-electron chi connectivity index (χ2n) is 3.52. The Labute approximate surface area is 119 Å². The van der Waals surface area contributed by atoms with Gasteiger partial charge in [-0.2, -0.15) is 0 Å². The van der Waals surface area contributed by atoms with Crippen LogP contribution in [0.4, 0.5) is 13.2 Å². The van der Waals surface area contributed by atoms with E-state index >= 15 is 0 Å². The van der Waals surface area contributed by atoms with Crippen LogP contribution in [0.3, 0.4) is 0 Å². The molecule has 0 aromatic heterocycles. The minimum atomic E-state index is -4.72. The first-order chi connectivity index (χ1) is 8.24. The lowest BCUT2D eigenvalue weighted by molar-refractivity contribution is -0.274. The van der Waals surface area contributed by atoms with E-state index in [2.05, 4.69) is 36.6 Å². The van der Waals surface area contributed by atoms with Crippen LogP contribution in [0.25, 0.3) is 0 Å². The number of Topliss-reactive ketones (excluding diaryl/α,β-unsaturated/α-hetero) is 1. The van der Waals surface area contributed by atoms with Gasteiger partial charge in [-0.1, -0.05) is 37.9 Å². The Morgan fingerprint density at radius 1 is 1.44 bits per heavy atom. The molecule has 0 aliphatic heterocycles. The molecule has 1 rings (SSSR count). The number of rotatable bonds is 4. The van der Waals surface area contributed by atoms with E-state index < -0.39 is 11.2 Å². The number of ketones is 1. The zero-order valence-electron chi connectivity index (χ0n) is 9.22. The molecule has 0 N–H and O–H groups in total. The second kappa shape index (κ2) is 6.06. The van der Waals surface area contributed by atoms with Crippen LogP contribution in [0.2, 0.25) is 0 Å². The third-order valence-corrected chi connectivity index (χ3v) is 3.86. The summed E-state index contributed by atoms with van der Waals surface area (Å²) in [5, 5.41) is 0.326. The van der Waals surface area contributed by atoms with Crippen LogP contribution in [0, 0.1) is 0 Å². The van der Waals surface area contributed by atoms with Gasteiger partial charge in [-0.25, -0.2) is 0 Å². The van der Waals surface area contributed by atoms with Gasteiger partial charge in [-0.15, -0.1) is 13.2 Å². The van der Waals surface area contributed by atoms with E-state index in [-0.39, 0.29) is 11.5 Å². The summed E-state index contributed by atoms with van der Waals surface area (Å²) in [6.07, 6.45) is -4.72. The summed E-state index contributed by atoms with van der Waals surface area (Å²) >= 11 is 6.37. The maximum absolute atomic E-state index is 12.1. The van der Waals surface area contributed by atoms with Crippen molar-refractivity contribution in [2.45, 2.75) is 23.4 Å². The summed E-state index contributed by atoms with van der Waals surface area (Å²) in [7, 11) is 0. The molecule has 0 radical (unpaired) electrons. The number of halogens is 5. The topological polar surface area (TPSA) is 26.3 Å². The molecule has 0 fully saturated rings. The van der Waals surface area contributed by atoms with E-state index in [0.29, 0.717) is 16.5 Å². The minimum absolute atomic E-state index is 0.123. The molecule has 7 heteroatoms. The number of ether oxygens (including phenoxy) is 1. The molecule has 0 spiro atoms. The van der Waals surface area contributed by atoms with E-state index in [1.54, 1.807) is 0 Å². The van der Waals surface area contributed by atoms with Gasteiger partial charge in [0.15, 0.2) is 0 Å². The highest BCUT2D eigenvalue weighted by molar-refractivity contribution is 9.09. The van der Waals surface area contributed by atoms with E-state index in [1.807, 2.05) is 0 Å². The molecule has 0 aliphatic carbocycles. The standard InChI is InChI=1S/C11H9Br2F3O2/c1-6(17)10(13)9-3-2-8(4-7(9)5-12)18-11(14,15)16/h2-4,10H,5H2,1H3. The SMILES string of the molecule is CC(=O)C(Br)c1ccc(OC(F)(F)F)cc1CBr. The van der Waals surface area contributed by atoms with Gasteiger partial charge >= 0.3 is 6.36 Å². The van der Waals surface area contributed by atoms with Gasteiger partial charge in [0, 0.05) is 5.33 Å². The highest BCUT2D eigenvalue weighted by Crippen LogP contribution is 2.32. The molecule has 0 aliphatic rings. The van der Waals surface area contributed by atoms with Crippen molar-refractivity contribution in [3.8, 4) is 5.75 Å². The van der Waals surface area contributed by atoms with Gasteiger partial charge in [0.25, 0.3) is 0 Å². The van der Waals surface area contributed by atoms with Crippen molar-refractivity contribution in [1.82, 2.24) is 0 Å². The maximum Gasteiger partial charge on any atom is 0.573 e. The van der Waals surface area contributed by atoms with Crippen LogP contribution < -0.4 is 4.74 Å². The van der Waals surface area contributed by atoms with Gasteiger partial charge in [-0.05, 0) is 30.2 Å². The molecule has 0 bridgehead atoms. The van der Waals surface area contributed by atoms with Crippen LogP contribution in [-0.2, 0) is 10.1 Å². The fraction of sp³-hybridized carbons (Fsp3) is 0.364. The van der Waals surface area contributed by atoms with Gasteiger partial charge in [0.1, 0.15) is 11.5 Å². The highest BCUT2D eigenvalue weighted by atomic mass is 79.9. The first-order valence-corrected chi connectivity index (χ1v) is 6.87. The third-order valence-electron chi connectivity index (χ3n) is 2.12. The summed E-state index contributed by atoms with van der Waals surface area (Å²) in [6.45, 7) is 1.40. The van der Waals surface area contributed by atoms with Crippen molar-refractivity contribution >= 4 is 37.6 Å². The molecule has 2 nitrogen and oxygen atoms in total. The zero-order chi connectivity index (χ0) is 13.9. The van der Waals surface area contributed by atoms with Crippen molar-refractivity contribution in [1.29, 1.82) is 0 Å². The normalized spacial score (nSPS) is 13.2. The van der Waals surface area contributed by atoms with Crippen LogP contribution >= 0.6 is 31.9 Å². The Morgan fingerprint density at radius 3 is 2.50 bits per heavy atom. The number of carbonyl (C=O) groups is 1. The van der Waals surface area contributed by atoms with Crippen molar-refractivity contribution in [2.24, 2.45) is 0 Å². The van der Waals surface area contributed by atoms with Gasteiger partial charge < -0.3 is 4.74 Å². The Morgan fingerprint density at radius 2 is 2.06 bits per heavy atom. The van der Waals surface area contributed by atoms with Crippen molar-refractivity contribution in [3.05, 3.63) is 29.3 Å². The zero-order valence-corrected chi connectivity index (χ0v) is 12.4. The summed E-state index contributed by atoms with van der Waals surface area (Å²) < 4.78 is 40.0. The summed E-state index contributed by atoms with van der Waals surface area (Å²) in [5.41, 5.74) is 1.18. The monoisotopic (exact) mass is 388 g/mol. The van der Waals surface area contributed by atoms with Crippen LogP contribution in [-0.4, -0.2) is 12.1 Å². The second-order valence-corrected chi connectivity index (χ2v) is 4.99. The quantitative estimate of drug-likeness (QED) is 0.708. The van der Waals surface area contributed by atoms with Gasteiger partial charge in [-0.3, -0.25) is 4.79 Å². The number of hydrogen-bond acceptors (Lipinski definition) is 2. The fourth-order valence-electron chi connectivity index (χ4n) is 1.36. The van der Waals surface area contributed by atoms with Gasteiger partial charge in [0.2, 0.25) is 0 Å². The molecular weight excluding hydrogens is 381 g/mol. The van der Waals surface area contributed by atoms with E-state index in [1.165, 1.54) is 25.1 Å². The van der Waals surface area contributed by atoms with Crippen LogP contribution in [0.15, 0.2) is 18.2 Å². The lowest BCUT2D eigenvalue weighted by atomic mass is 10.0. The molecule has 0 amide bonds. The fourth-order valence-corrected chi connectivity index (χ4v) is 2.29. The molecule has 1 aromatic rings. The predicted octanol–water partition coefficient (Wildman–Crippen LogP) is 4.51. The maximum atomic E-state index is 12.1. The van der Waals surface area contributed by atoms with E-state index in [0.717, 1.165) is 0 Å². The van der Waals surface area contributed by atoms with Crippen LogP contribution in [0.1, 0.15) is 22.9 Å². The first-order valence-electron chi connectivity index (χ1n) is 4.83. The Balaban J connectivity index is 3.07. The molecule has 1 atom stereocenters. The molecule has 0 saturated heterocycles. The lowest BCUT2D eigenvalue weighted by Crippen LogP contribution is -2.17. The van der Waals surface area contributed by atoms with E-state index in [4.69, 9.17) is 0 Å². The number of benzene rings is 1. The molecule has 0 saturated carbocycles. The summed E-state index contributed by atoms with van der Waals surface area (Å²) in [4.78, 5) is 10.7. The molecule has 1 unspecified atom stereocenters. The molecule has 100 valence electrons. The molecule has 1 aromatic carbocycles. The Kier molecular flexibility index (Phi) is 5.21. The van der Waals surface area contributed by atoms with Gasteiger partial charge in [0.05, 0.1) is 4.83 Å². The lowest BCUT2D eigenvalue weighted by Gasteiger charge is -2.14. The Hall–Kier alpha value is -0.560. The largest absolute Gasteiger partial charge is 0.573 e. The number of alkyl halides is 5. The minimum Gasteiger partial charge on any atom is -0.406 e. The van der Waals surface area contributed by atoms with Crippen molar-refractivity contribution < 1.29 is 22.7 Å². The smallest absolute Gasteiger partial charge is 0.406 e. The van der Waals surface area contributed by atoms with Crippen molar-refractivity contribution in [2.75, 3.05) is 0 Å². The number of carbonyl (C=O) groups excluding carboxylic acids is 1. The average molecular weight is 390 g/mol. The Bertz CT molecular complexity index is 446. The van der Waals surface area contributed by atoms with Crippen LogP contribution in [0.5, 0.6) is 5.75 Å². The molecule has 0 heterocycles.